The van der Waals surface area contributed by atoms with Gasteiger partial charge in [0.1, 0.15) is 0 Å². The summed E-state index contributed by atoms with van der Waals surface area (Å²) in [5.74, 6) is -0.399. The lowest BCUT2D eigenvalue weighted by Crippen LogP contribution is -2.15. The summed E-state index contributed by atoms with van der Waals surface area (Å²) in [6, 6.07) is 8.72. The molecule has 0 fully saturated rings. The summed E-state index contributed by atoms with van der Waals surface area (Å²) < 4.78 is 24.4. The van der Waals surface area contributed by atoms with Crippen molar-refractivity contribution in [3.63, 3.8) is 0 Å². The Labute approximate surface area is 165 Å². The van der Waals surface area contributed by atoms with Gasteiger partial charge in [-0.25, -0.2) is 13.6 Å². The molecular formula is C17H24ClN5O3S. The Kier molecular flexibility index (Phi) is 7.37. The number of rotatable bonds is 6. The molecule has 0 aliphatic carbocycles. The van der Waals surface area contributed by atoms with Crippen molar-refractivity contribution >= 4 is 34.0 Å². The van der Waals surface area contributed by atoms with Crippen LogP contribution in [-0.4, -0.2) is 30.7 Å². The van der Waals surface area contributed by atoms with E-state index in [-0.39, 0.29) is 24.1 Å². The summed E-state index contributed by atoms with van der Waals surface area (Å²) in [6.45, 7) is 2.69. The van der Waals surface area contributed by atoms with E-state index in [1.807, 2.05) is 10.7 Å². The van der Waals surface area contributed by atoms with Crippen LogP contribution < -0.4 is 15.8 Å². The maximum atomic E-state index is 12.2. The summed E-state index contributed by atoms with van der Waals surface area (Å²) in [5.41, 5.74) is 3.15. The molecule has 10 heteroatoms. The predicted octanol–water partition coefficient (Wildman–Crippen LogP) is 1.16. The van der Waals surface area contributed by atoms with E-state index >= 15 is 0 Å². The fraction of sp³-hybridized carbons (Fsp3) is 0.412. The van der Waals surface area contributed by atoms with Gasteiger partial charge in [0.25, 0.3) is 0 Å². The minimum Gasteiger partial charge on any atom is -0.326 e. The van der Waals surface area contributed by atoms with Gasteiger partial charge in [0, 0.05) is 31.6 Å². The number of nitrogens with one attached hydrogen (secondary N) is 2. The van der Waals surface area contributed by atoms with Crippen LogP contribution in [0.3, 0.4) is 0 Å². The van der Waals surface area contributed by atoms with Crippen molar-refractivity contribution < 1.29 is 13.2 Å². The highest BCUT2D eigenvalue weighted by molar-refractivity contribution is 7.88. The van der Waals surface area contributed by atoms with Gasteiger partial charge in [-0.1, -0.05) is 12.1 Å². The topological polar surface area (TPSA) is 119 Å². The average molecular weight is 414 g/mol. The summed E-state index contributed by atoms with van der Waals surface area (Å²) in [4.78, 5) is 12.2. The zero-order valence-corrected chi connectivity index (χ0v) is 16.5. The van der Waals surface area contributed by atoms with E-state index in [4.69, 9.17) is 5.14 Å². The van der Waals surface area contributed by atoms with E-state index < -0.39 is 10.0 Å². The molecule has 27 heavy (non-hydrogen) atoms. The van der Waals surface area contributed by atoms with Crippen molar-refractivity contribution in [1.82, 2.24) is 15.1 Å². The van der Waals surface area contributed by atoms with Gasteiger partial charge in [-0.3, -0.25) is 9.48 Å². The second kappa shape index (κ2) is 9.32. The van der Waals surface area contributed by atoms with Crippen molar-refractivity contribution in [2.45, 2.75) is 38.1 Å². The Balaban J connectivity index is 0.00000261. The zero-order valence-electron chi connectivity index (χ0n) is 14.8. The largest absolute Gasteiger partial charge is 0.326 e. The van der Waals surface area contributed by atoms with Gasteiger partial charge in [0.15, 0.2) is 0 Å². The van der Waals surface area contributed by atoms with E-state index in [0.29, 0.717) is 24.1 Å². The quantitative estimate of drug-likeness (QED) is 0.656. The van der Waals surface area contributed by atoms with Crippen LogP contribution in [0.4, 0.5) is 5.69 Å². The maximum absolute atomic E-state index is 12.2. The van der Waals surface area contributed by atoms with Gasteiger partial charge >= 0.3 is 0 Å². The number of primary sulfonamides is 1. The highest BCUT2D eigenvalue weighted by atomic mass is 35.5. The number of benzene rings is 1. The van der Waals surface area contributed by atoms with Crippen LogP contribution >= 0.6 is 12.4 Å². The van der Waals surface area contributed by atoms with Crippen molar-refractivity contribution in [2.24, 2.45) is 5.14 Å². The van der Waals surface area contributed by atoms with Crippen molar-refractivity contribution in [3.05, 3.63) is 47.3 Å². The fourth-order valence-corrected chi connectivity index (χ4v) is 3.62. The van der Waals surface area contributed by atoms with Crippen LogP contribution in [0.5, 0.6) is 0 Å². The highest BCUT2D eigenvalue weighted by Gasteiger charge is 2.12. The number of aryl methyl sites for hydroxylation is 2. The minimum absolute atomic E-state index is 0. The number of hydrogen-bond donors (Lipinski definition) is 3. The molecule has 1 aromatic heterocycles. The van der Waals surface area contributed by atoms with Crippen LogP contribution in [0.1, 0.15) is 29.8 Å². The van der Waals surface area contributed by atoms with E-state index in [1.165, 1.54) is 0 Å². The monoisotopic (exact) mass is 413 g/mol. The molecule has 0 saturated heterocycles. The van der Waals surface area contributed by atoms with E-state index in [1.54, 1.807) is 24.3 Å². The molecule has 2 aromatic rings. The van der Waals surface area contributed by atoms with Crippen LogP contribution in [-0.2, 0) is 40.1 Å². The van der Waals surface area contributed by atoms with Crippen molar-refractivity contribution in [2.75, 3.05) is 11.9 Å². The van der Waals surface area contributed by atoms with E-state index in [2.05, 4.69) is 15.7 Å². The third-order valence-corrected chi connectivity index (χ3v) is 4.87. The Morgan fingerprint density at radius 1 is 1.33 bits per heavy atom. The first-order valence-electron chi connectivity index (χ1n) is 8.55. The van der Waals surface area contributed by atoms with Crippen LogP contribution in [0.25, 0.3) is 0 Å². The van der Waals surface area contributed by atoms with Gasteiger partial charge in [-0.2, -0.15) is 5.10 Å². The number of nitrogens with zero attached hydrogens (tertiary/aromatic N) is 2. The van der Waals surface area contributed by atoms with Gasteiger partial charge in [0.05, 0.1) is 17.1 Å². The first kappa shape index (κ1) is 21.4. The van der Waals surface area contributed by atoms with Gasteiger partial charge in [0.2, 0.25) is 15.9 Å². The van der Waals surface area contributed by atoms with Crippen LogP contribution in [0, 0.1) is 0 Å². The molecule has 0 spiro atoms. The molecule has 0 saturated carbocycles. The first-order valence-corrected chi connectivity index (χ1v) is 10.3. The third-order valence-electron chi connectivity index (χ3n) is 4.13. The number of hydrogen-bond acceptors (Lipinski definition) is 5. The number of carbonyl (C=O) groups excluding carboxylic acids is 1. The molecule has 1 amide bonds. The predicted molar refractivity (Wildman–Crippen MR) is 106 cm³/mol. The molecular weight excluding hydrogens is 390 g/mol. The normalized spacial score (nSPS) is 14.0. The Morgan fingerprint density at radius 3 is 2.93 bits per heavy atom. The van der Waals surface area contributed by atoms with Crippen LogP contribution in [0.2, 0.25) is 0 Å². The molecule has 0 atom stereocenters. The maximum Gasteiger partial charge on any atom is 0.224 e. The van der Waals surface area contributed by atoms with Crippen LogP contribution in [0.15, 0.2) is 30.3 Å². The second-order valence-corrected chi connectivity index (χ2v) is 8.05. The molecule has 1 aliphatic heterocycles. The number of aromatic nitrogens is 2. The highest BCUT2D eigenvalue weighted by Crippen LogP contribution is 2.14. The van der Waals surface area contributed by atoms with E-state index in [0.717, 1.165) is 37.4 Å². The number of carbonyl (C=O) groups is 1. The molecule has 3 rings (SSSR count). The number of sulfonamides is 1. The lowest BCUT2D eigenvalue weighted by Gasteiger charge is -2.07. The molecule has 0 bridgehead atoms. The molecule has 148 valence electrons. The number of nitrogens with two attached hydrogens (primary N) is 1. The molecule has 8 nitrogen and oxygen atoms in total. The molecule has 1 aliphatic rings. The fourth-order valence-electron chi connectivity index (χ4n) is 2.98. The molecule has 0 unspecified atom stereocenters. The van der Waals surface area contributed by atoms with E-state index in [9.17, 15) is 13.2 Å². The van der Waals surface area contributed by atoms with Crippen molar-refractivity contribution in [3.8, 4) is 0 Å². The third kappa shape index (κ3) is 6.62. The van der Waals surface area contributed by atoms with Gasteiger partial charge < -0.3 is 10.6 Å². The number of anilines is 1. The lowest BCUT2D eigenvalue weighted by molar-refractivity contribution is -0.116. The summed E-state index contributed by atoms with van der Waals surface area (Å²) in [7, 11) is -3.60. The SMILES string of the molecule is Cl.NS(=O)(=O)Cc1cccc(NC(=O)CCc2cc3n(n2)CCCNC3)c1. The average Bonchev–Trinajstić information content (AvgIpc) is 2.81. The summed E-state index contributed by atoms with van der Waals surface area (Å²) in [5, 5.41) is 15.7. The Morgan fingerprint density at radius 2 is 2.15 bits per heavy atom. The first-order chi connectivity index (χ1) is 12.4. The number of fused-ring (bicyclic) bond motifs is 1. The van der Waals surface area contributed by atoms with Crippen molar-refractivity contribution in [1.29, 1.82) is 0 Å². The molecule has 0 radical (unpaired) electrons. The van der Waals surface area contributed by atoms with Gasteiger partial charge in [-0.15, -0.1) is 12.4 Å². The Hall–Kier alpha value is -1.94. The number of amides is 1. The summed E-state index contributed by atoms with van der Waals surface area (Å²) in [6.07, 6.45) is 1.91. The molecule has 1 aromatic carbocycles. The zero-order chi connectivity index (χ0) is 18.6. The lowest BCUT2D eigenvalue weighted by atomic mass is 10.2. The minimum atomic E-state index is -3.60. The molecule has 4 N–H and O–H groups in total. The molecule has 2 heterocycles. The standard InChI is InChI=1S/C17H23N5O3S.ClH/c18-26(24,25)12-13-3-1-4-14(9-13)20-17(23)6-5-15-10-16-11-19-7-2-8-22(16)21-15;/h1,3-4,9-10,19H,2,5-8,11-12H2,(H,20,23)(H2,18,24,25);1H. The number of halogens is 1. The van der Waals surface area contributed by atoms with Gasteiger partial charge in [-0.05, 0) is 36.7 Å². The Bertz CT molecular complexity index is 874. The summed E-state index contributed by atoms with van der Waals surface area (Å²) >= 11 is 0. The smallest absolute Gasteiger partial charge is 0.224 e. The second-order valence-electron chi connectivity index (χ2n) is 6.44.